The van der Waals surface area contributed by atoms with Gasteiger partial charge in [-0.25, -0.2) is 0 Å². The van der Waals surface area contributed by atoms with Crippen LogP contribution in [0.4, 0.5) is 17.1 Å². The van der Waals surface area contributed by atoms with Crippen LogP contribution in [0.3, 0.4) is 0 Å². The molecule has 21 heavy (non-hydrogen) atoms. The average molecular weight is 283 g/mol. The van der Waals surface area contributed by atoms with E-state index in [0.717, 1.165) is 24.5 Å². The molecule has 0 aromatic heterocycles. The van der Waals surface area contributed by atoms with Crippen LogP contribution in [0.2, 0.25) is 0 Å². The van der Waals surface area contributed by atoms with Crippen molar-refractivity contribution in [3.8, 4) is 0 Å². The van der Waals surface area contributed by atoms with Gasteiger partial charge < -0.3 is 16.0 Å². The molecule has 2 aromatic rings. The second-order valence-corrected chi connectivity index (χ2v) is 4.80. The number of carbonyl (C=O) groups is 1. The molecule has 0 unspecified atom stereocenters. The van der Waals surface area contributed by atoms with Crippen molar-refractivity contribution in [2.45, 2.75) is 13.8 Å². The lowest BCUT2D eigenvalue weighted by Crippen LogP contribution is -2.21. The number of nitrogen functional groups attached to an aromatic ring is 1. The second kappa shape index (κ2) is 6.79. The number of hydrogen-bond donors (Lipinski definition) is 2. The standard InChI is InChI=1S/C17H21N3O/c1-3-20(4-2)16-11-5-13(6-12-16)17(21)19-15-9-7-14(18)8-10-15/h5-12H,3-4,18H2,1-2H3,(H,19,21). The molecule has 0 radical (unpaired) electrons. The van der Waals surface area contributed by atoms with Crippen LogP contribution in [0.25, 0.3) is 0 Å². The molecule has 4 nitrogen and oxygen atoms in total. The second-order valence-electron chi connectivity index (χ2n) is 4.80. The van der Waals surface area contributed by atoms with Gasteiger partial charge in [0.05, 0.1) is 0 Å². The third-order valence-corrected chi connectivity index (χ3v) is 3.43. The summed E-state index contributed by atoms with van der Waals surface area (Å²) in [4.78, 5) is 14.4. The van der Waals surface area contributed by atoms with Crippen molar-refractivity contribution >= 4 is 23.0 Å². The monoisotopic (exact) mass is 283 g/mol. The number of benzene rings is 2. The molecule has 0 aliphatic heterocycles. The Hall–Kier alpha value is -2.49. The van der Waals surface area contributed by atoms with Crippen molar-refractivity contribution in [2.24, 2.45) is 0 Å². The van der Waals surface area contributed by atoms with Crippen LogP contribution in [-0.2, 0) is 0 Å². The maximum Gasteiger partial charge on any atom is 0.255 e. The van der Waals surface area contributed by atoms with Gasteiger partial charge in [0.2, 0.25) is 0 Å². The van der Waals surface area contributed by atoms with Crippen LogP contribution in [-0.4, -0.2) is 19.0 Å². The third-order valence-electron chi connectivity index (χ3n) is 3.43. The molecule has 0 atom stereocenters. The minimum atomic E-state index is -0.120. The fraction of sp³-hybridized carbons (Fsp3) is 0.235. The summed E-state index contributed by atoms with van der Waals surface area (Å²) in [5.74, 6) is -0.120. The summed E-state index contributed by atoms with van der Waals surface area (Å²) in [7, 11) is 0. The minimum absolute atomic E-state index is 0.120. The van der Waals surface area contributed by atoms with E-state index in [9.17, 15) is 4.79 Å². The van der Waals surface area contributed by atoms with E-state index in [0.29, 0.717) is 11.3 Å². The van der Waals surface area contributed by atoms with E-state index in [1.54, 1.807) is 24.3 Å². The number of carbonyl (C=O) groups excluding carboxylic acids is 1. The van der Waals surface area contributed by atoms with E-state index >= 15 is 0 Å². The Morgan fingerprint density at radius 1 is 1.00 bits per heavy atom. The maximum atomic E-state index is 12.2. The largest absolute Gasteiger partial charge is 0.399 e. The SMILES string of the molecule is CCN(CC)c1ccc(C(=O)Nc2ccc(N)cc2)cc1. The molecule has 2 rings (SSSR count). The predicted octanol–water partition coefficient (Wildman–Crippen LogP) is 3.37. The van der Waals surface area contributed by atoms with Crippen LogP contribution in [0, 0.1) is 0 Å². The Morgan fingerprint density at radius 2 is 1.57 bits per heavy atom. The molecular weight excluding hydrogens is 262 g/mol. The highest BCUT2D eigenvalue weighted by Crippen LogP contribution is 2.16. The smallest absolute Gasteiger partial charge is 0.255 e. The predicted molar refractivity (Wildman–Crippen MR) is 88.8 cm³/mol. The van der Waals surface area contributed by atoms with E-state index in [-0.39, 0.29) is 5.91 Å². The van der Waals surface area contributed by atoms with E-state index in [1.807, 2.05) is 24.3 Å². The zero-order chi connectivity index (χ0) is 15.2. The Morgan fingerprint density at radius 3 is 2.10 bits per heavy atom. The number of hydrogen-bond acceptors (Lipinski definition) is 3. The number of anilines is 3. The number of amides is 1. The molecule has 0 bridgehead atoms. The highest BCUT2D eigenvalue weighted by atomic mass is 16.1. The Kier molecular flexibility index (Phi) is 4.82. The molecule has 3 N–H and O–H groups in total. The Balaban J connectivity index is 2.07. The highest BCUT2D eigenvalue weighted by Gasteiger charge is 2.07. The van der Waals surface area contributed by atoms with Gasteiger partial charge in [-0.05, 0) is 62.4 Å². The van der Waals surface area contributed by atoms with Gasteiger partial charge in [0.25, 0.3) is 5.91 Å². The third kappa shape index (κ3) is 3.75. The number of nitrogens with two attached hydrogens (primary N) is 1. The number of nitrogens with one attached hydrogen (secondary N) is 1. The van der Waals surface area contributed by atoms with Gasteiger partial charge >= 0.3 is 0 Å². The lowest BCUT2D eigenvalue weighted by atomic mass is 10.1. The first-order chi connectivity index (χ1) is 10.1. The van der Waals surface area contributed by atoms with Gasteiger partial charge in [-0.3, -0.25) is 4.79 Å². The Bertz CT molecular complexity index is 586. The van der Waals surface area contributed by atoms with Crippen molar-refractivity contribution in [1.82, 2.24) is 0 Å². The van der Waals surface area contributed by atoms with Gasteiger partial charge in [-0.1, -0.05) is 0 Å². The number of rotatable bonds is 5. The maximum absolute atomic E-state index is 12.2. The van der Waals surface area contributed by atoms with Crippen LogP contribution in [0.1, 0.15) is 24.2 Å². The fourth-order valence-corrected chi connectivity index (χ4v) is 2.18. The van der Waals surface area contributed by atoms with E-state index in [4.69, 9.17) is 5.73 Å². The van der Waals surface area contributed by atoms with Crippen LogP contribution >= 0.6 is 0 Å². The summed E-state index contributed by atoms with van der Waals surface area (Å²) < 4.78 is 0. The number of nitrogens with zero attached hydrogens (tertiary/aromatic N) is 1. The fourth-order valence-electron chi connectivity index (χ4n) is 2.18. The lowest BCUT2D eigenvalue weighted by molar-refractivity contribution is 0.102. The quantitative estimate of drug-likeness (QED) is 0.827. The summed E-state index contributed by atoms with van der Waals surface area (Å²) in [5.41, 5.74) is 8.81. The molecule has 0 aliphatic rings. The van der Waals surface area contributed by atoms with Crippen molar-refractivity contribution in [1.29, 1.82) is 0 Å². The Labute approximate surface area is 125 Å². The summed E-state index contributed by atoms with van der Waals surface area (Å²) in [5, 5.41) is 2.85. The molecular formula is C17H21N3O. The highest BCUT2D eigenvalue weighted by molar-refractivity contribution is 6.04. The van der Waals surface area contributed by atoms with Crippen LogP contribution in [0.5, 0.6) is 0 Å². The molecule has 0 fully saturated rings. The van der Waals surface area contributed by atoms with E-state index in [2.05, 4.69) is 24.1 Å². The first-order valence-electron chi connectivity index (χ1n) is 7.16. The summed E-state index contributed by atoms with van der Waals surface area (Å²) in [6.07, 6.45) is 0. The van der Waals surface area contributed by atoms with Gasteiger partial charge in [0, 0.05) is 35.7 Å². The van der Waals surface area contributed by atoms with Crippen molar-refractivity contribution < 1.29 is 4.79 Å². The summed E-state index contributed by atoms with van der Waals surface area (Å²) in [6, 6.07) is 14.8. The average Bonchev–Trinajstić information content (AvgIpc) is 2.51. The molecule has 0 heterocycles. The molecule has 4 heteroatoms. The summed E-state index contributed by atoms with van der Waals surface area (Å²) in [6.45, 7) is 6.14. The molecule has 110 valence electrons. The molecule has 0 spiro atoms. The van der Waals surface area contributed by atoms with Gasteiger partial charge in [0.15, 0.2) is 0 Å². The zero-order valence-electron chi connectivity index (χ0n) is 12.5. The molecule has 0 saturated carbocycles. The van der Waals surface area contributed by atoms with Gasteiger partial charge in [-0.2, -0.15) is 0 Å². The van der Waals surface area contributed by atoms with Crippen LogP contribution in [0.15, 0.2) is 48.5 Å². The zero-order valence-corrected chi connectivity index (χ0v) is 12.5. The molecule has 1 amide bonds. The van der Waals surface area contributed by atoms with E-state index in [1.165, 1.54) is 0 Å². The topological polar surface area (TPSA) is 58.4 Å². The van der Waals surface area contributed by atoms with Crippen molar-refractivity contribution in [3.63, 3.8) is 0 Å². The molecule has 2 aromatic carbocycles. The first-order valence-corrected chi connectivity index (χ1v) is 7.16. The summed E-state index contributed by atoms with van der Waals surface area (Å²) >= 11 is 0. The van der Waals surface area contributed by atoms with Gasteiger partial charge in [0.1, 0.15) is 0 Å². The van der Waals surface area contributed by atoms with Gasteiger partial charge in [-0.15, -0.1) is 0 Å². The normalized spacial score (nSPS) is 10.2. The lowest BCUT2D eigenvalue weighted by Gasteiger charge is -2.21. The van der Waals surface area contributed by atoms with Crippen LogP contribution < -0.4 is 16.0 Å². The minimum Gasteiger partial charge on any atom is -0.399 e. The molecule has 0 aliphatic carbocycles. The molecule has 0 saturated heterocycles. The van der Waals surface area contributed by atoms with Crippen molar-refractivity contribution in [3.05, 3.63) is 54.1 Å². The first kappa shape index (κ1) is 14.9. The van der Waals surface area contributed by atoms with Crippen molar-refractivity contribution in [2.75, 3.05) is 29.0 Å². The van der Waals surface area contributed by atoms with E-state index < -0.39 is 0 Å².